The number of nitrogens with one attached hydrogen (secondary N) is 3. The fourth-order valence-electron chi connectivity index (χ4n) is 3.11. The smallest absolute Gasteiger partial charge is 0.356 e. The number of rotatable bonds is 6. The number of carbonyl (C=O) groups excluding carboxylic acids is 1. The Labute approximate surface area is 174 Å². The number of guanidine groups is 1. The van der Waals surface area contributed by atoms with Gasteiger partial charge in [-0.25, -0.2) is 8.42 Å². The minimum Gasteiger partial charge on any atom is -0.356 e. The zero-order valence-electron chi connectivity index (χ0n) is 16.8. The highest BCUT2D eigenvalue weighted by Crippen LogP contribution is 2.30. The van der Waals surface area contributed by atoms with Crippen LogP contribution >= 0.6 is 0 Å². The number of benzene rings is 1. The number of amides is 1. The molecule has 0 radical (unpaired) electrons. The molecular formula is C18H26F3N5O3S. The molecule has 0 unspecified atom stereocenters. The maximum Gasteiger partial charge on any atom is 0.511 e. The van der Waals surface area contributed by atoms with Gasteiger partial charge in [0.2, 0.25) is 0 Å². The molecule has 1 aliphatic heterocycles. The Kier molecular flexibility index (Phi) is 8.07. The first-order valence-electron chi connectivity index (χ1n) is 9.40. The van der Waals surface area contributed by atoms with Crippen molar-refractivity contribution in [2.24, 2.45) is 10.9 Å². The van der Waals surface area contributed by atoms with Gasteiger partial charge in [0, 0.05) is 45.8 Å². The summed E-state index contributed by atoms with van der Waals surface area (Å²) in [7, 11) is -2.11. The number of nitrogens with zero attached hydrogens (tertiary/aromatic N) is 2. The van der Waals surface area contributed by atoms with Crippen LogP contribution in [0.1, 0.15) is 28.8 Å². The van der Waals surface area contributed by atoms with Crippen molar-refractivity contribution in [3.8, 4) is 0 Å². The second-order valence-electron chi connectivity index (χ2n) is 6.88. The summed E-state index contributed by atoms with van der Waals surface area (Å²) in [6, 6.07) is 7.11. The normalized spacial score (nSPS) is 16.9. The van der Waals surface area contributed by atoms with E-state index < -0.39 is 15.5 Å². The van der Waals surface area contributed by atoms with Gasteiger partial charge in [0.1, 0.15) is 0 Å². The van der Waals surface area contributed by atoms with Crippen LogP contribution in [-0.4, -0.2) is 63.8 Å². The van der Waals surface area contributed by atoms with Crippen molar-refractivity contribution in [2.45, 2.75) is 24.9 Å². The number of alkyl halides is 3. The monoisotopic (exact) mass is 449 g/mol. The lowest BCUT2D eigenvalue weighted by atomic mass is 9.98. The first-order valence-corrected chi connectivity index (χ1v) is 10.8. The zero-order chi connectivity index (χ0) is 22.4. The minimum atomic E-state index is -5.26. The van der Waals surface area contributed by atoms with E-state index in [0.717, 1.165) is 5.56 Å². The first-order chi connectivity index (χ1) is 14.1. The van der Waals surface area contributed by atoms with Gasteiger partial charge < -0.3 is 16.0 Å². The lowest BCUT2D eigenvalue weighted by molar-refractivity contribution is -0.0496. The molecule has 0 bridgehead atoms. The summed E-state index contributed by atoms with van der Waals surface area (Å²) in [4.78, 5) is 15.8. The summed E-state index contributed by atoms with van der Waals surface area (Å²) in [6.07, 6.45) is 0.654. The van der Waals surface area contributed by atoms with E-state index in [1.165, 1.54) is 0 Å². The van der Waals surface area contributed by atoms with Gasteiger partial charge in [-0.2, -0.15) is 17.5 Å². The van der Waals surface area contributed by atoms with Gasteiger partial charge in [-0.3, -0.25) is 9.79 Å². The maximum atomic E-state index is 12.6. The van der Waals surface area contributed by atoms with Crippen molar-refractivity contribution in [2.75, 3.05) is 33.7 Å². The lowest BCUT2D eigenvalue weighted by Crippen LogP contribution is -2.47. The Morgan fingerprint density at radius 3 is 2.47 bits per heavy atom. The largest absolute Gasteiger partial charge is 0.511 e. The van der Waals surface area contributed by atoms with Gasteiger partial charge in [-0.15, -0.1) is 0 Å². The molecule has 30 heavy (non-hydrogen) atoms. The predicted molar refractivity (Wildman–Crippen MR) is 107 cm³/mol. The van der Waals surface area contributed by atoms with Crippen molar-refractivity contribution >= 4 is 21.9 Å². The van der Waals surface area contributed by atoms with Gasteiger partial charge in [0.25, 0.3) is 5.91 Å². The molecule has 1 amide bonds. The van der Waals surface area contributed by atoms with Crippen molar-refractivity contribution in [1.29, 1.82) is 0 Å². The van der Waals surface area contributed by atoms with Crippen LogP contribution < -0.4 is 16.0 Å². The average molecular weight is 449 g/mol. The molecule has 3 N–H and O–H groups in total. The standard InChI is InChI=1S/C18H26F3N5O3S/c1-22-16(27)15-5-3-4-14(10-15)12-25-17(23-2)24-11-13-6-8-26(9-7-13)30(28,29)18(19,20)21/h3-5,10,13H,6-9,11-12H2,1-2H3,(H,22,27)(H2,23,24,25). The molecular weight excluding hydrogens is 423 g/mol. The predicted octanol–water partition coefficient (Wildman–Crippen LogP) is 1.27. The third-order valence-electron chi connectivity index (χ3n) is 4.86. The molecule has 12 heteroatoms. The number of halogens is 3. The molecule has 1 aliphatic rings. The van der Waals surface area contributed by atoms with Crippen molar-refractivity contribution < 1.29 is 26.4 Å². The van der Waals surface area contributed by atoms with E-state index >= 15 is 0 Å². The summed E-state index contributed by atoms with van der Waals surface area (Å²) in [5.41, 5.74) is -3.84. The molecule has 0 spiro atoms. The fourth-order valence-corrected chi connectivity index (χ4v) is 4.10. The second kappa shape index (κ2) is 10.1. The van der Waals surface area contributed by atoms with Crippen LogP contribution in [0.2, 0.25) is 0 Å². The molecule has 168 valence electrons. The van der Waals surface area contributed by atoms with Crippen molar-refractivity contribution in [3.63, 3.8) is 0 Å². The number of sulfonamides is 1. The Morgan fingerprint density at radius 1 is 1.23 bits per heavy atom. The van der Waals surface area contributed by atoms with E-state index in [-0.39, 0.29) is 24.9 Å². The number of aliphatic imine (C=N–C) groups is 1. The van der Waals surface area contributed by atoms with Gasteiger partial charge in [0.05, 0.1) is 0 Å². The summed E-state index contributed by atoms with van der Waals surface area (Å²) >= 11 is 0. The van der Waals surface area contributed by atoms with E-state index in [9.17, 15) is 26.4 Å². The van der Waals surface area contributed by atoms with Crippen LogP contribution in [0.25, 0.3) is 0 Å². The number of piperidine rings is 1. The van der Waals surface area contributed by atoms with Gasteiger partial charge in [-0.05, 0) is 36.5 Å². The van der Waals surface area contributed by atoms with Gasteiger partial charge >= 0.3 is 15.5 Å². The molecule has 1 fully saturated rings. The molecule has 0 aliphatic carbocycles. The molecule has 1 heterocycles. The van der Waals surface area contributed by atoms with E-state index in [2.05, 4.69) is 20.9 Å². The topological polar surface area (TPSA) is 103 Å². The van der Waals surface area contributed by atoms with Crippen molar-refractivity contribution in [1.82, 2.24) is 20.3 Å². The molecule has 0 atom stereocenters. The molecule has 2 rings (SSSR count). The Bertz CT molecular complexity index is 866. The molecule has 1 aromatic rings. The highest BCUT2D eigenvalue weighted by atomic mass is 32.2. The second-order valence-corrected chi connectivity index (χ2v) is 8.81. The number of carbonyl (C=O) groups is 1. The van der Waals surface area contributed by atoms with E-state index in [4.69, 9.17) is 0 Å². The summed E-state index contributed by atoms with van der Waals surface area (Å²) in [5.74, 6) is 0.351. The Balaban J connectivity index is 1.81. The van der Waals surface area contributed by atoms with Crippen LogP contribution in [0.4, 0.5) is 13.2 Å². The molecule has 1 aromatic carbocycles. The number of hydrogen-bond donors (Lipinski definition) is 3. The first kappa shape index (κ1) is 23.9. The molecule has 1 saturated heterocycles. The Hall–Kier alpha value is -2.34. The highest BCUT2D eigenvalue weighted by Gasteiger charge is 2.50. The van der Waals surface area contributed by atoms with Gasteiger partial charge in [0.15, 0.2) is 5.96 Å². The van der Waals surface area contributed by atoms with E-state index in [0.29, 0.717) is 41.8 Å². The fraction of sp³-hybridized carbons (Fsp3) is 0.556. The van der Waals surface area contributed by atoms with E-state index in [1.807, 2.05) is 6.07 Å². The summed E-state index contributed by atoms with van der Waals surface area (Å²) in [5, 5.41) is 8.79. The quantitative estimate of drug-likeness (QED) is 0.449. The maximum absolute atomic E-state index is 12.6. The minimum absolute atomic E-state index is 0.0276. The third kappa shape index (κ3) is 6.08. The van der Waals surface area contributed by atoms with Crippen LogP contribution in [0.3, 0.4) is 0 Å². The lowest BCUT2D eigenvalue weighted by Gasteiger charge is -2.31. The molecule has 8 nitrogen and oxygen atoms in total. The average Bonchev–Trinajstić information content (AvgIpc) is 2.73. The van der Waals surface area contributed by atoms with Crippen LogP contribution in [0.15, 0.2) is 29.3 Å². The van der Waals surface area contributed by atoms with Crippen molar-refractivity contribution in [3.05, 3.63) is 35.4 Å². The van der Waals surface area contributed by atoms with Crippen LogP contribution in [0, 0.1) is 5.92 Å². The summed E-state index contributed by atoms with van der Waals surface area (Å²) in [6.45, 7) is 0.559. The molecule has 0 saturated carbocycles. The third-order valence-corrected chi connectivity index (χ3v) is 6.49. The van der Waals surface area contributed by atoms with Crippen LogP contribution in [0.5, 0.6) is 0 Å². The SMILES string of the molecule is CN=C(NCc1cccc(C(=O)NC)c1)NCC1CCN(S(=O)(=O)C(F)(F)F)CC1. The van der Waals surface area contributed by atoms with Crippen LogP contribution in [-0.2, 0) is 16.6 Å². The van der Waals surface area contributed by atoms with E-state index in [1.54, 1.807) is 32.3 Å². The highest BCUT2D eigenvalue weighted by molar-refractivity contribution is 7.90. The number of hydrogen-bond acceptors (Lipinski definition) is 4. The van der Waals surface area contributed by atoms with Gasteiger partial charge in [-0.1, -0.05) is 12.1 Å². The molecule has 0 aromatic heterocycles. The zero-order valence-corrected chi connectivity index (χ0v) is 17.6. The Morgan fingerprint density at radius 2 is 1.90 bits per heavy atom. The summed E-state index contributed by atoms with van der Waals surface area (Å²) < 4.78 is 61.3.